The lowest BCUT2D eigenvalue weighted by molar-refractivity contribution is -0.130. The fourth-order valence-electron chi connectivity index (χ4n) is 3.72. The van der Waals surface area contributed by atoms with Gasteiger partial charge in [0.2, 0.25) is 15.9 Å². The maximum atomic E-state index is 12.5. The van der Waals surface area contributed by atoms with E-state index < -0.39 is 10.0 Å². The Balaban J connectivity index is 1.49. The molecule has 1 amide bonds. The Kier molecular flexibility index (Phi) is 7.50. The highest BCUT2D eigenvalue weighted by Crippen LogP contribution is 2.21. The molecule has 0 aliphatic carbocycles. The van der Waals surface area contributed by atoms with E-state index in [0.29, 0.717) is 19.4 Å². The van der Waals surface area contributed by atoms with Crippen molar-refractivity contribution >= 4 is 21.6 Å². The largest absolute Gasteiger partial charge is 0.372 e. The summed E-state index contributed by atoms with van der Waals surface area (Å²) >= 11 is 0. The van der Waals surface area contributed by atoms with Crippen molar-refractivity contribution in [1.82, 2.24) is 9.62 Å². The summed E-state index contributed by atoms with van der Waals surface area (Å²) in [5, 5.41) is 0. The van der Waals surface area contributed by atoms with E-state index in [1.807, 2.05) is 7.05 Å². The van der Waals surface area contributed by atoms with Crippen molar-refractivity contribution in [3.05, 3.63) is 59.7 Å². The number of amides is 1. The highest BCUT2D eigenvalue weighted by molar-refractivity contribution is 7.89. The average molecular weight is 430 g/mol. The summed E-state index contributed by atoms with van der Waals surface area (Å²) in [6, 6.07) is 15.2. The smallest absolute Gasteiger partial charge is 0.240 e. The van der Waals surface area contributed by atoms with Crippen LogP contribution in [0.2, 0.25) is 0 Å². The Morgan fingerprint density at radius 1 is 0.967 bits per heavy atom. The van der Waals surface area contributed by atoms with Crippen LogP contribution in [0.4, 0.5) is 5.69 Å². The number of hydrogen-bond acceptors (Lipinski definition) is 4. The van der Waals surface area contributed by atoms with Gasteiger partial charge in [-0.2, -0.15) is 0 Å². The third kappa shape index (κ3) is 5.83. The van der Waals surface area contributed by atoms with Crippen LogP contribution in [-0.4, -0.2) is 46.4 Å². The lowest BCUT2D eigenvalue weighted by Crippen LogP contribution is -2.29. The number of nitrogens with zero attached hydrogens (tertiary/aromatic N) is 2. The maximum absolute atomic E-state index is 12.5. The average Bonchev–Trinajstić information content (AvgIpc) is 2.78. The molecule has 0 atom stereocenters. The van der Waals surface area contributed by atoms with Crippen LogP contribution >= 0.6 is 0 Å². The van der Waals surface area contributed by atoms with E-state index in [1.54, 1.807) is 29.2 Å². The molecule has 0 spiro atoms. The van der Waals surface area contributed by atoms with Gasteiger partial charge >= 0.3 is 0 Å². The van der Waals surface area contributed by atoms with Gasteiger partial charge in [0.25, 0.3) is 0 Å². The van der Waals surface area contributed by atoms with E-state index in [9.17, 15) is 13.2 Å². The van der Waals surface area contributed by atoms with Crippen molar-refractivity contribution in [3.8, 4) is 0 Å². The van der Waals surface area contributed by atoms with Crippen LogP contribution in [0.5, 0.6) is 0 Å². The lowest BCUT2D eigenvalue weighted by atomic mass is 10.1. The SMILES string of the molecule is CNS(=O)(=O)c1ccc(CCC(=O)N(C)Cc2ccc(N3CCCCC3)cc2)cc1. The molecule has 1 saturated heterocycles. The minimum Gasteiger partial charge on any atom is -0.372 e. The van der Waals surface area contributed by atoms with Gasteiger partial charge in [0.1, 0.15) is 0 Å². The molecule has 0 saturated carbocycles. The van der Waals surface area contributed by atoms with Crippen molar-refractivity contribution in [2.24, 2.45) is 0 Å². The van der Waals surface area contributed by atoms with Gasteiger partial charge in [0, 0.05) is 38.8 Å². The molecule has 3 rings (SSSR count). The first-order valence-electron chi connectivity index (χ1n) is 10.5. The van der Waals surface area contributed by atoms with Gasteiger partial charge in [-0.15, -0.1) is 0 Å². The first-order valence-corrected chi connectivity index (χ1v) is 12.0. The summed E-state index contributed by atoms with van der Waals surface area (Å²) in [5.74, 6) is 0.0713. The highest BCUT2D eigenvalue weighted by atomic mass is 32.2. The molecule has 0 bridgehead atoms. The minimum atomic E-state index is -3.43. The molecule has 1 fully saturated rings. The number of carbonyl (C=O) groups excluding carboxylic acids is 1. The normalized spacial score (nSPS) is 14.5. The molecule has 0 aromatic heterocycles. The van der Waals surface area contributed by atoms with Crippen LogP contribution in [0.25, 0.3) is 0 Å². The molecule has 1 aliphatic rings. The monoisotopic (exact) mass is 429 g/mol. The second kappa shape index (κ2) is 10.1. The van der Waals surface area contributed by atoms with Crippen LogP contribution in [0, 0.1) is 0 Å². The van der Waals surface area contributed by atoms with Crippen molar-refractivity contribution in [1.29, 1.82) is 0 Å². The highest BCUT2D eigenvalue weighted by Gasteiger charge is 2.14. The number of piperidine rings is 1. The van der Waals surface area contributed by atoms with Crippen LogP contribution < -0.4 is 9.62 Å². The molecule has 0 unspecified atom stereocenters. The van der Waals surface area contributed by atoms with Gasteiger partial charge in [0.15, 0.2) is 0 Å². The first kappa shape index (κ1) is 22.3. The van der Waals surface area contributed by atoms with Crippen LogP contribution in [0.3, 0.4) is 0 Å². The molecule has 6 nitrogen and oxygen atoms in total. The summed E-state index contributed by atoms with van der Waals surface area (Å²) in [6.07, 6.45) is 4.80. The summed E-state index contributed by atoms with van der Waals surface area (Å²) in [4.78, 5) is 16.9. The van der Waals surface area contributed by atoms with E-state index in [0.717, 1.165) is 24.2 Å². The number of benzene rings is 2. The van der Waals surface area contributed by atoms with Crippen molar-refractivity contribution in [3.63, 3.8) is 0 Å². The van der Waals surface area contributed by atoms with Gasteiger partial charge in [-0.3, -0.25) is 4.79 Å². The van der Waals surface area contributed by atoms with E-state index in [1.165, 1.54) is 32.0 Å². The van der Waals surface area contributed by atoms with E-state index in [-0.39, 0.29) is 10.8 Å². The topological polar surface area (TPSA) is 69.7 Å². The van der Waals surface area contributed by atoms with E-state index >= 15 is 0 Å². The zero-order valence-corrected chi connectivity index (χ0v) is 18.6. The molecule has 7 heteroatoms. The fraction of sp³-hybridized carbons (Fsp3) is 0.435. The standard InChI is InChI=1S/C23H31N3O3S/c1-24-30(28,29)22-13-8-19(9-14-22)10-15-23(27)25(2)18-20-6-11-21(12-7-20)26-16-4-3-5-17-26/h6-9,11-14,24H,3-5,10,15-18H2,1-2H3. The van der Waals surface area contributed by atoms with Crippen molar-refractivity contribution in [2.45, 2.75) is 43.5 Å². The molecule has 2 aromatic rings. The summed E-state index contributed by atoms with van der Waals surface area (Å²) < 4.78 is 25.9. The van der Waals surface area contributed by atoms with Crippen molar-refractivity contribution < 1.29 is 13.2 Å². The Labute approximate surface area is 179 Å². The molecule has 30 heavy (non-hydrogen) atoms. The van der Waals surface area contributed by atoms with E-state index in [4.69, 9.17) is 0 Å². The van der Waals surface area contributed by atoms with Crippen LogP contribution in [0.1, 0.15) is 36.8 Å². The van der Waals surface area contributed by atoms with Gasteiger partial charge < -0.3 is 9.80 Å². The minimum absolute atomic E-state index is 0.0713. The number of rotatable bonds is 8. The Morgan fingerprint density at radius 3 is 2.17 bits per heavy atom. The fourth-order valence-corrected chi connectivity index (χ4v) is 4.45. The number of nitrogens with one attached hydrogen (secondary N) is 1. The molecule has 162 valence electrons. The second-order valence-corrected chi connectivity index (χ2v) is 9.70. The first-order chi connectivity index (χ1) is 14.4. The maximum Gasteiger partial charge on any atom is 0.240 e. The zero-order chi connectivity index (χ0) is 21.6. The third-order valence-electron chi connectivity index (χ3n) is 5.63. The second-order valence-electron chi connectivity index (χ2n) is 7.82. The Hall–Kier alpha value is -2.38. The lowest BCUT2D eigenvalue weighted by Gasteiger charge is -2.29. The van der Waals surface area contributed by atoms with Gasteiger partial charge in [-0.05, 0) is 68.1 Å². The molecular formula is C23H31N3O3S. The van der Waals surface area contributed by atoms with Crippen LogP contribution in [0.15, 0.2) is 53.4 Å². The molecule has 1 N–H and O–H groups in total. The van der Waals surface area contributed by atoms with Gasteiger partial charge in [-0.25, -0.2) is 13.1 Å². The summed E-state index contributed by atoms with van der Waals surface area (Å²) in [6.45, 7) is 2.83. The van der Waals surface area contributed by atoms with Crippen LogP contribution in [-0.2, 0) is 27.8 Å². The summed E-state index contributed by atoms with van der Waals surface area (Å²) in [7, 11) is -0.222. The predicted octanol–water partition coefficient (Wildman–Crippen LogP) is 3.18. The number of hydrogen-bond donors (Lipinski definition) is 1. The molecule has 2 aromatic carbocycles. The third-order valence-corrected chi connectivity index (χ3v) is 7.06. The van der Waals surface area contributed by atoms with Crippen molar-refractivity contribution in [2.75, 3.05) is 32.1 Å². The molecule has 1 aliphatic heterocycles. The molecule has 1 heterocycles. The van der Waals surface area contributed by atoms with E-state index in [2.05, 4.69) is 33.9 Å². The number of anilines is 1. The predicted molar refractivity (Wildman–Crippen MR) is 120 cm³/mol. The summed E-state index contributed by atoms with van der Waals surface area (Å²) in [5.41, 5.74) is 3.32. The number of carbonyl (C=O) groups is 1. The Bertz CT molecular complexity index is 935. The number of aryl methyl sites for hydroxylation is 1. The zero-order valence-electron chi connectivity index (χ0n) is 17.8. The van der Waals surface area contributed by atoms with Gasteiger partial charge in [0.05, 0.1) is 4.90 Å². The Morgan fingerprint density at radius 2 is 1.57 bits per heavy atom. The number of sulfonamides is 1. The quantitative estimate of drug-likeness (QED) is 0.700. The van der Waals surface area contributed by atoms with Gasteiger partial charge in [-0.1, -0.05) is 24.3 Å². The molecular weight excluding hydrogens is 398 g/mol. The molecule has 0 radical (unpaired) electrons.